The molecule has 5 rings (SSSR count). The summed E-state index contributed by atoms with van der Waals surface area (Å²) < 4.78 is 7.30. The van der Waals surface area contributed by atoms with Crippen LogP contribution in [0.25, 0.3) is 28.2 Å². The molecular weight excluding hydrogens is 577 g/mol. The second kappa shape index (κ2) is 11.3. The third-order valence-electron chi connectivity index (χ3n) is 6.92. The van der Waals surface area contributed by atoms with Gasteiger partial charge in [-0.25, -0.2) is 4.79 Å². The molecule has 40 heavy (non-hydrogen) atoms. The lowest BCUT2D eigenvalue weighted by Crippen LogP contribution is -2.37. The van der Waals surface area contributed by atoms with Crippen molar-refractivity contribution in [2.24, 2.45) is 0 Å². The Morgan fingerprint density at radius 1 is 1.07 bits per heavy atom. The highest BCUT2D eigenvalue weighted by Gasteiger charge is 2.34. The molecule has 1 aliphatic rings. The average molecular weight is 599 g/mol. The van der Waals surface area contributed by atoms with Gasteiger partial charge in [-0.15, -0.1) is 0 Å². The normalized spacial score (nSPS) is 14.2. The van der Waals surface area contributed by atoms with Crippen molar-refractivity contribution in [3.05, 3.63) is 93.3 Å². The van der Waals surface area contributed by atoms with Crippen molar-refractivity contribution >= 4 is 69.6 Å². The molecule has 1 saturated heterocycles. The molecule has 11 heteroatoms. The molecule has 1 aliphatic heterocycles. The molecule has 2 aromatic carbocycles. The van der Waals surface area contributed by atoms with E-state index in [0.717, 1.165) is 6.08 Å². The third kappa shape index (κ3) is 5.18. The maximum atomic E-state index is 14.3. The van der Waals surface area contributed by atoms with Crippen molar-refractivity contribution < 1.29 is 24.0 Å². The molecule has 0 unspecified atom stereocenters. The van der Waals surface area contributed by atoms with Crippen LogP contribution < -0.4 is 0 Å². The van der Waals surface area contributed by atoms with Crippen LogP contribution in [0.2, 0.25) is 15.1 Å². The first-order chi connectivity index (χ1) is 19.2. The quantitative estimate of drug-likeness (QED) is 0.241. The number of carboxylic acids is 1. The van der Waals surface area contributed by atoms with Gasteiger partial charge in [0, 0.05) is 47.3 Å². The van der Waals surface area contributed by atoms with Crippen LogP contribution in [0, 0.1) is 0 Å². The maximum Gasteiger partial charge on any atom is 0.328 e. The molecule has 0 saturated carbocycles. The van der Waals surface area contributed by atoms with Gasteiger partial charge in [0.1, 0.15) is 11.3 Å². The van der Waals surface area contributed by atoms with E-state index in [0.29, 0.717) is 58.7 Å². The summed E-state index contributed by atoms with van der Waals surface area (Å²) in [6, 6.07) is 10.0. The lowest BCUT2D eigenvalue weighted by Gasteiger charge is -2.30. The number of aromatic nitrogens is 2. The van der Waals surface area contributed by atoms with Gasteiger partial charge in [-0.1, -0.05) is 58.7 Å². The lowest BCUT2D eigenvalue weighted by molar-refractivity contribution is -0.131. The topological polar surface area (TPSA) is 106 Å². The van der Waals surface area contributed by atoms with E-state index in [1.807, 2.05) is 0 Å². The standard InChI is InChI=1S/C29H22Cl3N3O5/c1-2-23(36)34-11-8-17(9-12-34)28-26(27(33-40-28)25-20(31)14-18(30)15-21(25)32)29(39)35-13-10-19-16(6-7-24(37)38)4-3-5-22(19)35/h2-7,10,13-15,17H,1,8-9,11-12H2,(H,37,38)/b7-6+. The average Bonchev–Trinajstić information content (AvgIpc) is 3.56. The third-order valence-corrected chi connectivity index (χ3v) is 7.73. The largest absolute Gasteiger partial charge is 0.478 e. The van der Waals surface area contributed by atoms with Gasteiger partial charge in [-0.05, 0) is 54.8 Å². The first-order valence-electron chi connectivity index (χ1n) is 12.3. The van der Waals surface area contributed by atoms with E-state index in [1.165, 1.54) is 28.9 Å². The number of halogens is 3. The molecule has 0 spiro atoms. The second-order valence-electron chi connectivity index (χ2n) is 9.26. The number of hydrogen-bond acceptors (Lipinski definition) is 5. The number of piperidine rings is 1. The smallest absolute Gasteiger partial charge is 0.328 e. The molecule has 0 bridgehead atoms. The summed E-state index contributed by atoms with van der Waals surface area (Å²) in [5.74, 6) is -1.48. The molecule has 1 N–H and O–H groups in total. The van der Waals surface area contributed by atoms with Gasteiger partial charge in [0.05, 0.1) is 15.6 Å². The highest BCUT2D eigenvalue weighted by Crippen LogP contribution is 2.42. The van der Waals surface area contributed by atoms with Crippen molar-refractivity contribution in [1.82, 2.24) is 14.6 Å². The zero-order chi connectivity index (χ0) is 28.6. The molecule has 204 valence electrons. The van der Waals surface area contributed by atoms with Gasteiger partial charge in [0.25, 0.3) is 5.91 Å². The summed E-state index contributed by atoms with van der Waals surface area (Å²) in [5.41, 5.74) is 1.89. The Morgan fingerprint density at radius 2 is 1.77 bits per heavy atom. The highest BCUT2D eigenvalue weighted by molar-refractivity contribution is 6.42. The fourth-order valence-electron chi connectivity index (χ4n) is 5.01. The summed E-state index contributed by atoms with van der Waals surface area (Å²) in [5, 5.41) is 14.8. The van der Waals surface area contributed by atoms with Crippen molar-refractivity contribution in [3.8, 4) is 11.3 Å². The predicted octanol–water partition coefficient (Wildman–Crippen LogP) is 6.93. The minimum absolute atomic E-state index is 0.153. The van der Waals surface area contributed by atoms with Gasteiger partial charge in [-0.3, -0.25) is 14.2 Å². The molecule has 3 heterocycles. The molecule has 2 aromatic heterocycles. The zero-order valence-corrected chi connectivity index (χ0v) is 23.2. The molecule has 0 radical (unpaired) electrons. The van der Waals surface area contributed by atoms with E-state index in [2.05, 4.69) is 11.7 Å². The van der Waals surface area contributed by atoms with Gasteiger partial charge < -0.3 is 14.5 Å². The highest BCUT2D eigenvalue weighted by atomic mass is 35.5. The molecule has 0 aliphatic carbocycles. The lowest BCUT2D eigenvalue weighted by atomic mass is 9.90. The number of carboxylic acid groups (broad SMARTS) is 1. The predicted molar refractivity (Wildman–Crippen MR) is 154 cm³/mol. The maximum absolute atomic E-state index is 14.3. The van der Waals surface area contributed by atoms with Crippen molar-refractivity contribution in [2.45, 2.75) is 18.8 Å². The number of hydrogen-bond donors (Lipinski definition) is 1. The fourth-order valence-corrected chi connectivity index (χ4v) is 6.01. The Morgan fingerprint density at radius 3 is 2.42 bits per heavy atom. The minimum atomic E-state index is -1.08. The van der Waals surface area contributed by atoms with E-state index < -0.39 is 11.9 Å². The Balaban J connectivity index is 1.64. The Hall–Kier alpha value is -3.85. The minimum Gasteiger partial charge on any atom is -0.478 e. The number of fused-ring (bicyclic) bond motifs is 1. The molecular formula is C29H22Cl3N3O5. The Bertz CT molecular complexity index is 1670. The monoisotopic (exact) mass is 597 g/mol. The second-order valence-corrected chi connectivity index (χ2v) is 10.5. The molecule has 8 nitrogen and oxygen atoms in total. The number of aliphatic carboxylic acids is 1. The van der Waals surface area contributed by atoms with E-state index in [1.54, 1.807) is 35.4 Å². The number of rotatable bonds is 6. The number of carbonyl (C=O) groups is 3. The van der Waals surface area contributed by atoms with Gasteiger partial charge in [0.15, 0.2) is 5.76 Å². The van der Waals surface area contributed by atoms with Crippen molar-refractivity contribution in [3.63, 3.8) is 0 Å². The van der Waals surface area contributed by atoms with Gasteiger partial charge in [0.2, 0.25) is 5.91 Å². The van der Waals surface area contributed by atoms with E-state index in [9.17, 15) is 14.4 Å². The summed E-state index contributed by atoms with van der Waals surface area (Å²) in [4.78, 5) is 39.2. The number of amides is 1. The molecule has 0 atom stereocenters. The van der Waals surface area contributed by atoms with Crippen LogP contribution in [0.3, 0.4) is 0 Å². The Kier molecular flexibility index (Phi) is 7.85. The summed E-state index contributed by atoms with van der Waals surface area (Å²) in [6.07, 6.45) is 6.51. The number of benzene rings is 2. The van der Waals surface area contributed by atoms with E-state index >= 15 is 0 Å². The first-order valence-corrected chi connectivity index (χ1v) is 13.4. The van der Waals surface area contributed by atoms with E-state index in [-0.39, 0.29) is 33.1 Å². The van der Waals surface area contributed by atoms with Gasteiger partial charge in [-0.2, -0.15) is 0 Å². The number of nitrogens with zero attached hydrogens (tertiary/aromatic N) is 3. The molecule has 1 fully saturated rings. The first kappa shape index (κ1) is 27.7. The van der Waals surface area contributed by atoms with Crippen LogP contribution in [-0.2, 0) is 9.59 Å². The van der Waals surface area contributed by atoms with Crippen molar-refractivity contribution in [2.75, 3.05) is 13.1 Å². The summed E-state index contributed by atoms with van der Waals surface area (Å²) >= 11 is 19.2. The summed E-state index contributed by atoms with van der Waals surface area (Å²) in [7, 11) is 0. The van der Waals surface area contributed by atoms with Crippen LogP contribution in [0.15, 0.2) is 65.8 Å². The Labute approximate surface area is 244 Å². The van der Waals surface area contributed by atoms with Crippen molar-refractivity contribution in [1.29, 1.82) is 0 Å². The number of carbonyl (C=O) groups excluding carboxylic acids is 2. The molecule has 1 amide bonds. The van der Waals surface area contributed by atoms with Crippen LogP contribution >= 0.6 is 34.8 Å². The van der Waals surface area contributed by atoms with Crippen LogP contribution in [0.1, 0.15) is 40.4 Å². The molecule has 4 aromatic rings. The van der Waals surface area contributed by atoms with Crippen LogP contribution in [0.4, 0.5) is 0 Å². The van der Waals surface area contributed by atoms with Crippen LogP contribution in [0.5, 0.6) is 0 Å². The zero-order valence-electron chi connectivity index (χ0n) is 20.9. The number of likely N-dealkylation sites (tertiary alicyclic amines) is 1. The van der Waals surface area contributed by atoms with Gasteiger partial charge >= 0.3 is 5.97 Å². The van der Waals surface area contributed by atoms with Crippen LogP contribution in [-0.4, -0.2) is 50.6 Å². The summed E-state index contributed by atoms with van der Waals surface area (Å²) in [6.45, 7) is 4.49. The fraction of sp³-hybridized carbons (Fsp3) is 0.172. The SMILES string of the molecule is C=CC(=O)N1CCC(c2onc(-c3c(Cl)cc(Cl)cc3Cl)c2C(=O)n2ccc3c(/C=C/C(=O)O)cccc32)CC1. The van der Waals surface area contributed by atoms with E-state index in [4.69, 9.17) is 44.4 Å².